The van der Waals surface area contributed by atoms with E-state index >= 15 is 0 Å². The Morgan fingerprint density at radius 1 is 1.03 bits per heavy atom. The highest BCUT2D eigenvalue weighted by Crippen LogP contribution is 2.42. The summed E-state index contributed by atoms with van der Waals surface area (Å²) in [6.45, 7) is 0.143. The predicted octanol–water partition coefficient (Wildman–Crippen LogP) is 5.92. The zero-order valence-corrected chi connectivity index (χ0v) is 17.7. The number of nitrogens with zero attached hydrogens (tertiary/aromatic N) is 1. The number of amides is 1. The normalized spacial score (nSPS) is 15.2. The fourth-order valence-electron chi connectivity index (χ4n) is 3.95. The summed E-state index contributed by atoms with van der Waals surface area (Å²) >= 11 is 6.03. The van der Waals surface area contributed by atoms with Crippen LogP contribution in [0.1, 0.15) is 29.0 Å². The minimum atomic E-state index is -0.292. The number of halogens is 2. The Kier molecular flexibility index (Phi) is 5.37. The zero-order valence-electron chi connectivity index (χ0n) is 16.9. The van der Waals surface area contributed by atoms with Crippen molar-refractivity contribution in [2.75, 3.05) is 5.32 Å². The first-order valence-corrected chi connectivity index (χ1v) is 10.6. The lowest BCUT2D eigenvalue weighted by Crippen LogP contribution is -2.23. The molecule has 0 bridgehead atoms. The Bertz CT molecular complexity index is 1270. The van der Waals surface area contributed by atoms with Crippen LogP contribution in [-0.4, -0.2) is 16.1 Å². The highest BCUT2D eigenvalue weighted by molar-refractivity contribution is 6.30. The Hall–Kier alpha value is -3.64. The van der Waals surface area contributed by atoms with Crippen LogP contribution in [0.15, 0.2) is 72.8 Å². The molecular formula is C25H19ClFN3O2. The molecule has 2 N–H and O–H groups in total. The number of hydrogen-bond acceptors (Lipinski definition) is 3. The summed E-state index contributed by atoms with van der Waals surface area (Å²) in [7, 11) is 0. The van der Waals surface area contributed by atoms with Crippen LogP contribution in [-0.2, 0) is 11.4 Å². The molecule has 0 aliphatic carbocycles. The van der Waals surface area contributed by atoms with Crippen molar-refractivity contribution >= 4 is 23.3 Å². The van der Waals surface area contributed by atoms with Gasteiger partial charge in [-0.1, -0.05) is 54.1 Å². The molecule has 1 aliphatic heterocycles. The molecule has 0 radical (unpaired) electrons. The molecular weight excluding hydrogens is 429 g/mol. The summed E-state index contributed by atoms with van der Waals surface area (Å²) < 4.78 is 19.6. The van der Waals surface area contributed by atoms with E-state index < -0.39 is 0 Å². The molecule has 0 saturated carbocycles. The van der Waals surface area contributed by atoms with Gasteiger partial charge < -0.3 is 10.1 Å². The minimum Gasteiger partial charge on any atom is -0.489 e. The molecule has 5 rings (SSSR count). The Labute approximate surface area is 189 Å². The molecule has 160 valence electrons. The van der Waals surface area contributed by atoms with Crippen LogP contribution in [0.2, 0.25) is 5.02 Å². The summed E-state index contributed by atoms with van der Waals surface area (Å²) in [6.07, 6.45) is 0.308. The summed E-state index contributed by atoms with van der Waals surface area (Å²) in [5.74, 6) is 0.624. The number of hydrogen-bond donors (Lipinski definition) is 2. The van der Waals surface area contributed by atoms with Gasteiger partial charge in [-0.3, -0.25) is 9.89 Å². The Morgan fingerprint density at radius 2 is 1.78 bits per heavy atom. The van der Waals surface area contributed by atoms with E-state index in [1.165, 1.54) is 6.07 Å². The second kappa shape index (κ2) is 8.48. The third-order valence-electron chi connectivity index (χ3n) is 5.57. The lowest BCUT2D eigenvalue weighted by atomic mass is 9.84. The number of carbonyl (C=O) groups excluding carboxylic acids is 1. The third kappa shape index (κ3) is 3.97. The Balaban J connectivity index is 1.42. The SMILES string of the molecule is O=C1CC(c2ccc(OCc3ccccc3F)cc2)c2c(n[nH]c2-c2ccc(Cl)cc2)N1. The molecule has 1 atom stereocenters. The zero-order chi connectivity index (χ0) is 22.1. The van der Waals surface area contributed by atoms with Gasteiger partial charge in [-0.05, 0) is 35.9 Å². The van der Waals surface area contributed by atoms with Crippen molar-refractivity contribution in [3.63, 3.8) is 0 Å². The minimum absolute atomic E-state index is 0.0865. The largest absolute Gasteiger partial charge is 0.489 e. The fourth-order valence-corrected chi connectivity index (χ4v) is 4.08. The monoisotopic (exact) mass is 447 g/mol. The van der Waals surface area contributed by atoms with Crippen LogP contribution in [0.25, 0.3) is 11.3 Å². The summed E-state index contributed by atoms with van der Waals surface area (Å²) in [5.41, 5.74) is 4.19. The molecule has 5 nitrogen and oxygen atoms in total. The van der Waals surface area contributed by atoms with Crippen molar-refractivity contribution in [2.24, 2.45) is 0 Å². The molecule has 1 unspecified atom stereocenters. The summed E-state index contributed by atoms with van der Waals surface area (Å²) in [4.78, 5) is 12.3. The van der Waals surface area contributed by atoms with Gasteiger partial charge >= 0.3 is 0 Å². The molecule has 1 amide bonds. The number of aromatic amines is 1. The number of nitrogens with one attached hydrogen (secondary N) is 2. The number of ether oxygens (including phenoxy) is 1. The van der Waals surface area contributed by atoms with Gasteiger partial charge in [0.25, 0.3) is 0 Å². The van der Waals surface area contributed by atoms with E-state index in [1.54, 1.807) is 18.2 Å². The van der Waals surface area contributed by atoms with Crippen LogP contribution in [0.3, 0.4) is 0 Å². The van der Waals surface area contributed by atoms with E-state index in [0.29, 0.717) is 28.6 Å². The fraction of sp³-hybridized carbons (Fsp3) is 0.120. The van der Waals surface area contributed by atoms with Crippen LogP contribution in [0, 0.1) is 5.82 Å². The highest BCUT2D eigenvalue weighted by Gasteiger charge is 2.32. The second-order valence-corrected chi connectivity index (χ2v) is 8.06. The van der Waals surface area contributed by atoms with Gasteiger partial charge in [0.05, 0.1) is 5.69 Å². The van der Waals surface area contributed by atoms with Crippen molar-refractivity contribution in [1.82, 2.24) is 10.2 Å². The van der Waals surface area contributed by atoms with Crippen LogP contribution >= 0.6 is 11.6 Å². The van der Waals surface area contributed by atoms with E-state index in [-0.39, 0.29) is 24.2 Å². The van der Waals surface area contributed by atoms with E-state index in [1.807, 2.05) is 48.5 Å². The average molecular weight is 448 g/mol. The van der Waals surface area contributed by atoms with Crippen molar-refractivity contribution in [3.8, 4) is 17.0 Å². The standard InChI is InChI=1S/C25H19ClFN3O2/c26-18-9-5-16(6-10-18)24-23-20(13-22(31)28-25(23)30-29-24)15-7-11-19(12-8-15)32-14-17-3-1-2-4-21(17)27/h1-12,20H,13-14H2,(H2,28,29,30,31). The third-order valence-corrected chi connectivity index (χ3v) is 5.82. The summed E-state index contributed by atoms with van der Waals surface area (Å²) in [5, 5.41) is 10.9. The molecule has 1 aliphatic rings. The first kappa shape index (κ1) is 20.3. The van der Waals surface area contributed by atoms with Gasteiger partial charge in [0.15, 0.2) is 5.82 Å². The molecule has 1 aromatic heterocycles. The molecule has 4 aromatic rings. The maximum atomic E-state index is 13.8. The van der Waals surface area contributed by atoms with Crippen LogP contribution in [0.4, 0.5) is 10.2 Å². The molecule has 7 heteroatoms. The number of rotatable bonds is 5. The van der Waals surface area contributed by atoms with Crippen LogP contribution < -0.4 is 10.1 Å². The number of fused-ring (bicyclic) bond motifs is 1. The average Bonchev–Trinajstić information content (AvgIpc) is 3.23. The number of anilines is 1. The highest BCUT2D eigenvalue weighted by atomic mass is 35.5. The number of carbonyl (C=O) groups is 1. The first-order valence-electron chi connectivity index (χ1n) is 10.2. The maximum absolute atomic E-state index is 13.8. The van der Waals surface area contributed by atoms with Crippen molar-refractivity contribution in [2.45, 2.75) is 18.9 Å². The first-order chi connectivity index (χ1) is 15.6. The van der Waals surface area contributed by atoms with Gasteiger partial charge in [-0.2, -0.15) is 5.10 Å². The van der Waals surface area contributed by atoms with E-state index in [2.05, 4.69) is 15.5 Å². The van der Waals surface area contributed by atoms with Crippen LogP contribution in [0.5, 0.6) is 5.75 Å². The van der Waals surface area contributed by atoms with Gasteiger partial charge in [0, 0.05) is 34.1 Å². The van der Waals surface area contributed by atoms with Crippen molar-refractivity contribution in [1.29, 1.82) is 0 Å². The lowest BCUT2D eigenvalue weighted by molar-refractivity contribution is -0.116. The second-order valence-electron chi connectivity index (χ2n) is 7.62. The van der Waals surface area contributed by atoms with Gasteiger partial charge in [-0.25, -0.2) is 4.39 Å². The molecule has 32 heavy (non-hydrogen) atoms. The van der Waals surface area contributed by atoms with Gasteiger partial charge in [0.2, 0.25) is 5.91 Å². The van der Waals surface area contributed by atoms with E-state index in [4.69, 9.17) is 16.3 Å². The molecule has 0 saturated heterocycles. The topological polar surface area (TPSA) is 67.0 Å². The maximum Gasteiger partial charge on any atom is 0.226 e. The molecule has 0 spiro atoms. The number of benzene rings is 3. The van der Waals surface area contributed by atoms with Crippen molar-refractivity contribution in [3.05, 3.63) is 100 Å². The quantitative estimate of drug-likeness (QED) is 0.399. The Morgan fingerprint density at radius 3 is 2.53 bits per heavy atom. The molecule has 0 fully saturated rings. The lowest BCUT2D eigenvalue weighted by Gasteiger charge is -2.23. The van der Waals surface area contributed by atoms with Gasteiger partial charge in [0.1, 0.15) is 18.2 Å². The van der Waals surface area contributed by atoms with Crippen molar-refractivity contribution < 1.29 is 13.9 Å². The predicted molar refractivity (Wildman–Crippen MR) is 121 cm³/mol. The van der Waals surface area contributed by atoms with E-state index in [0.717, 1.165) is 22.4 Å². The van der Waals surface area contributed by atoms with E-state index in [9.17, 15) is 9.18 Å². The molecule has 3 aromatic carbocycles. The molecule has 2 heterocycles. The number of H-pyrrole nitrogens is 1. The van der Waals surface area contributed by atoms with Gasteiger partial charge in [-0.15, -0.1) is 0 Å². The smallest absolute Gasteiger partial charge is 0.226 e. The number of aromatic nitrogens is 2. The summed E-state index contributed by atoms with van der Waals surface area (Å²) in [6, 6.07) is 21.6.